The van der Waals surface area contributed by atoms with Crippen molar-refractivity contribution >= 4 is 28.4 Å². The predicted molar refractivity (Wildman–Crippen MR) is 138 cm³/mol. The average Bonchev–Trinajstić information content (AvgIpc) is 2.83. The Kier molecular flexibility index (Phi) is 7.94. The Bertz CT molecular complexity index is 1140. The highest BCUT2D eigenvalue weighted by atomic mass is 16.2. The van der Waals surface area contributed by atoms with E-state index in [-0.39, 0.29) is 11.8 Å². The third-order valence-corrected chi connectivity index (χ3v) is 6.47. The molecular weight excluding hydrogens is 422 g/mol. The van der Waals surface area contributed by atoms with E-state index < -0.39 is 0 Å². The van der Waals surface area contributed by atoms with Gasteiger partial charge in [-0.25, -0.2) is 0 Å². The minimum atomic E-state index is 0.0256. The first-order valence-electron chi connectivity index (χ1n) is 12.6. The number of amides is 2. The van der Waals surface area contributed by atoms with Gasteiger partial charge in [0, 0.05) is 48.9 Å². The van der Waals surface area contributed by atoms with Gasteiger partial charge < -0.3 is 9.80 Å². The van der Waals surface area contributed by atoms with E-state index >= 15 is 0 Å². The van der Waals surface area contributed by atoms with E-state index in [0.717, 1.165) is 60.8 Å². The van der Waals surface area contributed by atoms with Crippen LogP contribution in [-0.2, 0) is 11.3 Å². The summed E-state index contributed by atoms with van der Waals surface area (Å²) in [5, 5.41) is 0.966. The van der Waals surface area contributed by atoms with E-state index in [1.807, 2.05) is 58.3 Å². The number of pyridine rings is 1. The van der Waals surface area contributed by atoms with Crippen molar-refractivity contribution in [3.05, 3.63) is 71.9 Å². The normalized spacial score (nSPS) is 15.5. The van der Waals surface area contributed by atoms with Gasteiger partial charge >= 0.3 is 0 Å². The number of hydrogen-bond donors (Lipinski definition) is 0. The number of para-hydroxylation sites is 1. The SMILES string of the molecule is CC(C)CC(=O)N1CCCCCCCN(C(=O)c2ccc3ncccc3c2)Cc2ccccc21. The first kappa shape index (κ1) is 23.9. The number of nitrogens with zero attached hydrogens (tertiary/aromatic N) is 3. The van der Waals surface area contributed by atoms with Crippen LogP contribution < -0.4 is 4.90 Å². The molecule has 0 atom stereocenters. The summed E-state index contributed by atoms with van der Waals surface area (Å²) in [6.45, 7) is 6.09. The molecule has 0 aliphatic carbocycles. The van der Waals surface area contributed by atoms with Gasteiger partial charge in [0.05, 0.1) is 5.52 Å². The van der Waals surface area contributed by atoms with Gasteiger partial charge in [-0.15, -0.1) is 0 Å². The lowest BCUT2D eigenvalue weighted by Gasteiger charge is -2.30. The Balaban J connectivity index is 1.66. The van der Waals surface area contributed by atoms with E-state index in [9.17, 15) is 9.59 Å². The van der Waals surface area contributed by atoms with Gasteiger partial charge in [0.25, 0.3) is 5.91 Å². The van der Waals surface area contributed by atoms with Crippen LogP contribution in [-0.4, -0.2) is 34.8 Å². The first-order chi connectivity index (χ1) is 16.5. The Morgan fingerprint density at radius 3 is 2.50 bits per heavy atom. The van der Waals surface area contributed by atoms with Crippen molar-refractivity contribution in [3.8, 4) is 0 Å². The molecule has 0 saturated carbocycles. The number of fused-ring (bicyclic) bond motifs is 2. The van der Waals surface area contributed by atoms with Gasteiger partial charge in [0.1, 0.15) is 0 Å². The van der Waals surface area contributed by atoms with Crippen LogP contribution in [0.3, 0.4) is 0 Å². The second kappa shape index (κ2) is 11.3. The molecule has 1 aliphatic rings. The topological polar surface area (TPSA) is 53.5 Å². The molecule has 5 heteroatoms. The van der Waals surface area contributed by atoms with Crippen LogP contribution in [0.15, 0.2) is 60.8 Å². The molecule has 0 saturated heterocycles. The second-order valence-corrected chi connectivity index (χ2v) is 9.68. The molecule has 2 amide bonds. The van der Waals surface area contributed by atoms with Gasteiger partial charge in [-0.2, -0.15) is 0 Å². The van der Waals surface area contributed by atoms with Gasteiger partial charge in [0.15, 0.2) is 0 Å². The van der Waals surface area contributed by atoms with Gasteiger partial charge in [-0.05, 0) is 54.7 Å². The molecule has 0 N–H and O–H groups in total. The fourth-order valence-corrected chi connectivity index (χ4v) is 4.70. The fraction of sp³-hybridized carbons (Fsp3) is 0.414. The third kappa shape index (κ3) is 5.82. The number of carbonyl (C=O) groups is 2. The number of carbonyl (C=O) groups excluding carboxylic acids is 2. The zero-order chi connectivity index (χ0) is 23.9. The molecule has 2 heterocycles. The largest absolute Gasteiger partial charge is 0.334 e. The molecule has 0 unspecified atom stereocenters. The molecule has 0 bridgehead atoms. The maximum Gasteiger partial charge on any atom is 0.254 e. The first-order valence-corrected chi connectivity index (χ1v) is 12.6. The molecule has 0 radical (unpaired) electrons. The molecule has 3 aromatic rings. The second-order valence-electron chi connectivity index (χ2n) is 9.68. The Labute approximate surface area is 202 Å². The van der Waals surface area contributed by atoms with E-state index in [0.29, 0.717) is 31.0 Å². The number of aromatic nitrogens is 1. The van der Waals surface area contributed by atoms with Gasteiger partial charge in [0.2, 0.25) is 5.91 Å². The van der Waals surface area contributed by atoms with Crippen LogP contribution >= 0.6 is 0 Å². The zero-order valence-electron chi connectivity index (χ0n) is 20.4. The Hall–Kier alpha value is -3.21. The molecule has 1 aliphatic heterocycles. The molecule has 5 nitrogen and oxygen atoms in total. The minimum absolute atomic E-state index is 0.0256. The molecule has 0 spiro atoms. The van der Waals surface area contributed by atoms with Crippen LogP contribution in [0.2, 0.25) is 0 Å². The number of anilines is 1. The van der Waals surface area contributed by atoms with Crippen LogP contribution in [0.4, 0.5) is 5.69 Å². The van der Waals surface area contributed by atoms with Crippen molar-refractivity contribution in [3.63, 3.8) is 0 Å². The number of rotatable bonds is 3. The van der Waals surface area contributed by atoms with Crippen molar-refractivity contribution < 1.29 is 9.59 Å². The molecule has 1 aromatic heterocycles. The highest BCUT2D eigenvalue weighted by molar-refractivity contribution is 5.98. The molecule has 2 aromatic carbocycles. The quantitative estimate of drug-likeness (QED) is 0.469. The van der Waals surface area contributed by atoms with Crippen LogP contribution in [0.5, 0.6) is 0 Å². The van der Waals surface area contributed by atoms with E-state index in [2.05, 4.69) is 24.9 Å². The molecule has 4 rings (SSSR count). The summed E-state index contributed by atoms with van der Waals surface area (Å²) in [4.78, 5) is 35.1. The van der Waals surface area contributed by atoms with Crippen molar-refractivity contribution in [2.45, 2.75) is 58.9 Å². The summed E-state index contributed by atoms with van der Waals surface area (Å²) >= 11 is 0. The lowest BCUT2D eigenvalue weighted by molar-refractivity contribution is -0.119. The van der Waals surface area contributed by atoms with E-state index in [1.54, 1.807) is 6.20 Å². The molecule has 34 heavy (non-hydrogen) atoms. The van der Waals surface area contributed by atoms with Gasteiger partial charge in [-0.1, -0.05) is 57.4 Å². The zero-order valence-corrected chi connectivity index (χ0v) is 20.4. The summed E-state index contributed by atoms with van der Waals surface area (Å²) in [7, 11) is 0. The lowest BCUT2D eigenvalue weighted by Crippen LogP contribution is -2.36. The van der Waals surface area contributed by atoms with Crippen molar-refractivity contribution in [1.82, 2.24) is 9.88 Å². The predicted octanol–water partition coefficient (Wildman–Crippen LogP) is 6.22. The number of hydrogen-bond acceptors (Lipinski definition) is 3. The number of benzene rings is 2. The van der Waals surface area contributed by atoms with Crippen LogP contribution in [0.25, 0.3) is 10.9 Å². The summed E-state index contributed by atoms with van der Waals surface area (Å²) < 4.78 is 0. The summed E-state index contributed by atoms with van der Waals surface area (Å²) in [6, 6.07) is 17.7. The molecule has 178 valence electrons. The van der Waals surface area contributed by atoms with E-state index in [4.69, 9.17) is 0 Å². The summed E-state index contributed by atoms with van der Waals surface area (Å²) in [5.41, 5.74) is 3.53. The van der Waals surface area contributed by atoms with Crippen LogP contribution in [0.1, 0.15) is 68.3 Å². The maximum absolute atomic E-state index is 13.7. The van der Waals surface area contributed by atoms with Crippen molar-refractivity contribution in [1.29, 1.82) is 0 Å². The minimum Gasteiger partial charge on any atom is -0.334 e. The Morgan fingerprint density at radius 2 is 1.68 bits per heavy atom. The van der Waals surface area contributed by atoms with E-state index in [1.165, 1.54) is 0 Å². The lowest BCUT2D eigenvalue weighted by atomic mass is 10.0. The highest BCUT2D eigenvalue weighted by Crippen LogP contribution is 2.26. The monoisotopic (exact) mass is 457 g/mol. The maximum atomic E-state index is 13.7. The van der Waals surface area contributed by atoms with Crippen LogP contribution in [0, 0.1) is 5.92 Å². The fourth-order valence-electron chi connectivity index (χ4n) is 4.70. The highest BCUT2D eigenvalue weighted by Gasteiger charge is 2.23. The summed E-state index contributed by atoms with van der Waals surface area (Å²) in [6.07, 6.45) is 7.60. The molecular formula is C29H35N3O2. The standard InChI is InChI=1S/C29H35N3O2/c1-22(2)19-28(33)32-18-9-5-3-4-8-17-31(21-25-11-6-7-13-27(25)32)29(34)24-14-15-26-23(20-24)12-10-16-30-26/h6-7,10-16,20,22H,3-5,8-9,17-19,21H2,1-2H3. The third-order valence-electron chi connectivity index (χ3n) is 6.47. The summed E-state index contributed by atoms with van der Waals surface area (Å²) in [5.74, 6) is 0.499. The van der Waals surface area contributed by atoms with Crippen molar-refractivity contribution in [2.75, 3.05) is 18.0 Å². The molecule has 0 fully saturated rings. The Morgan fingerprint density at radius 1 is 0.912 bits per heavy atom. The smallest absolute Gasteiger partial charge is 0.254 e. The van der Waals surface area contributed by atoms with Gasteiger partial charge in [-0.3, -0.25) is 14.6 Å². The van der Waals surface area contributed by atoms with Crippen molar-refractivity contribution in [2.24, 2.45) is 5.92 Å². The average molecular weight is 458 g/mol.